The molecular formula is C16H15BrN4O3. The second-order valence-corrected chi connectivity index (χ2v) is 6.27. The van der Waals surface area contributed by atoms with Gasteiger partial charge >= 0.3 is 11.7 Å². The average Bonchev–Trinajstić information content (AvgIpc) is 2.53. The Morgan fingerprint density at radius 2 is 2.00 bits per heavy atom. The molecular weight excluding hydrogens is 376 g/mol. The minimum absolute atomic E-state index is 0.166. The molecule has 8 heteroatoms. The number of nitrogen functional groups attached to an aromatic ring is 1. The molecule has 0 amide bonds. The SMILES string of the molecule is COC(=O)C1=C(C)Nc2nc(=O)[nH]c(N)c2C1c1ccc(Br)cc1. The predicted molar refractivity (Wildman–Crippen MR) is 93.6 cm³/mol. The number of hydrogen-bond donors (Lipinski definition) is 3. The van der Waals surface area contributed by atoms with Gasteiger partial charge in [0.1, 0.15) is 11.6 Å². The Balaban J connectivity index is 2.29. The fourth-order valence-corrected chi connectivity index (χ4v) is 3.13. The standard InChI is InChI=1S/C16H15BrN4O3/c1-7-10(15(22)24-2)11(8-3-5-9(17)6-4-8)12-13(18)20-16(23)21-14(12)19-7/h3-6,11H,1-2H3,(H4,18,19,20,21,23). The molecule has 0 radical (unpaired) electrons. The summed E-state index contributed by atoms with van der Waals surface area (Å²) in [6.45, 7) is 1.74. The smallest absolute Gasteiger partial charge is 0.348 e. The third-order valence-corrected chi connectivity index (χ3v) is 4.42. The van der Waals surface area contributed by atoms with E-state index in [2.05, 4.69) is 31.2 Å². The van der Waals surface area contributed by atoms with Gasteiger partial charge in [-0.3, -0.25) is 4.98 Å². The number of nitrogens with zero attached hydrogens (tertiary/aromatic N) is 1. The number of ether oxygens (including phenoxy) is 1. The molecule has 0 aliphatic carbocycles. The highest BCUT2D eigenvalue weighted by Gasteiger charge is 2.35. The van der Waals surface area contributed by atoms with Gasteiger partial charge in [0.2, 0.25) is 0 Å². The number of aromatic amines is 1. The number of hydrogen-bond acceptors (Lipinski definition) is 6. The summed E-state index contributed by atoms with van der Waals surface area (Å²) in [5, 5.41) is 2.98. The number of halogens is 1. The van der Waals surface area contributed by atoms with Gasteiger partial charge in [-0.05, 0) is 24.6 Å². The van der Waals surface area contributed by atoms with Gasteiger partial charge < -0.3 is 15.8 Å². The van der Waals surface area contributed by atoms with Crippen molar-refractivity contribution in [2.45, 2.75) is 12.8 Å². The lowest BCUT2D eigenvalue weighted by molar-refractivity contribution is -0.136. The molecule has 1 unspecified atom stereocenters. The summed E-state index contributed by atoms with van der Waals surface area (Å²) in [6, 6.07) is 7.50. The third kappa shape index (κ3) is 2.69. The minimum atomic E-state index is -0.553. The number of carbonyl (C=O) groups excluding carboxylic acids is 1. The monoisotopic (exact) mass is 390 g/mol. The lowest BCUT2D eigenvalue weighted by Crippen LogP contribution is -2.28. The first kappa shape index (κ1) is 16.3. The summed E-state index contributed by atoms with van der Waals surface area (Å²) in [7, 11) is 1.32. The van der Waals surface area contributed by atoms with Gasteiger partial charge in [-0.15, -0.1) is 0 Å². The first-order chi connectivity index (χ1) is 11.4. The molecule has 0 saturated carbocycles. The quantitative estimate of drug-likeness (QED) is 0.677. The summed E-state index contributed by atoms with van der Waals surface area (Å²) >= 11 is 3.39. The molecule has 0 saturated heterocycles. The summed E-state index contributed by atoms with van der Waals surface area (Å²) < 4.78 is 5.85. The van der Waals surface area contributed by atoms with Gasteiger partial charge in [-0.2, -0.15) is 4.98 Å². The number of methoxy groups -OCH3 is 1. The van der Waals surface area contributed by atoms with E-state index in [0.717, 1.165) is 10.0 Å². The first-order valence-electron chi connectivity index (χ1n) is 7.13. The zero-order chi connectivity index (χ0) is 17.4. The number of rotatable bonds is 2. The van der Waals surface area contributed by atoms with Gasteiger partial charge in [-0.1, -0.05) is 28.1 Å². The zero-order valence-electron chi connectivity index (χ0n) is 13.0. The van der Waals surface area contributed by atoms with Crippen LogP contribution in [0.15, 0.2) is 44.8 Å². The molecule has 1 atom stereocenters. The number of anilines is 2. The molecule has 24 heavy (non-hydrogen) atoms. The number of allylic oxidation sites excluding steroid dienone is 1. The Morgan fingerprint density at radius 1 is 1.33 bits per heavy atom. The van der Waals surface area contributed by atoms with Crippen molar-refractivity contribution in [1.29, 1.82) is 0 Å². The number of benzene rings is 1. The van der Waals surface area contributed by atoms with E-state index in [1.165, 1.54) is 7.11 Å². The van der Waals surface area contributed by atoms with Crippen molar-refractivity contribution in [2.75, 3.05) is 18.2 Å². The van der Waals surface area contributed by atoms with Crippen molar-refractivity contribution in [3.8, 4) is 0 Å². The molecule has 2 heterocycles. The van der Waals surface area contributed by atoms with E-state index in [-0.39, 0.29) is 5.82 Å². The molecule has 0 spiro atoms. The number of esters is 1. The lowest BCUT2D eigenvalue weighted by Gasteiger charge is -2.29. The molecule has 0 fully saturated rings. The van der Waals surface area contributed by atoms with E-state index >= 15 is 0 Å². The minimum Gasteiger partial charge on any atom is -0.466 e. The van der Waals surface area contributed by atoms with Crippen molar-refractivity contribution >= 4 is 33.5 Å². The second kappa shape index (κ2) is 6.12. The zero-order valence-corrected chi connectivity index (χ0v) is 14.6. The topological polar surface area (TPSA) is 110 Å². The Hall–Kier alpha value is -2.61. The van der Waals surface area contributed by atoms with E-state index in [9.17, 15) is 9.59 Å². The van der Waals surface area contributed by atoms with Crippen molar-refractivity contribution in [3.05, 3.63) is 61.6 Å². The van der Waals surface area contributed by atoms with Crippen LogP contribution in [0.3, 0.4) is 0 Å². The molecule has 0 bridgehead atoms. The second-order valence-electron chi connectivity index (χ2n) is 5.36. The maximum atomic E-state index is 12.4. The lowest BCUT2D eigenvalue weighted by atomic mass is 9.82. The van der Waals surface area contributed by atoms with Crippen LogP contribution in [-0.2, 0) is 9.53 Å². The van der Waals surface area contributed by atoms with Crippen LogP contribution in [0.5, 0.6) is 0 Å². The van der Waals surface area contributed by atoms with E-state index in [1.807, 2.05) is 24.3 Å². The summed E-state index contributed by atoms with van der Waals surface area (Å²) in [6.07, 6.45) is 0. The Morgan fingerprint density at radius 3 is 2.62 bits per heavy atom. The number of fused-ring (bicyclic) bond motifs is 1. The third-order valence-electron chi connectivity index (χ3n) is 3.90. The van der Waals surface area contributed by atoms with E-state index in [4.69, 9.17) is 10.5 Å². The number of H-pyrrole nitrogens is 1. The average molecular weight is 391 g/mol. The fraction of sp³-hybridized carbons (Fsp3) is 0.188. The van der Waals surface area contributed by atoms with Gasteiger partial charge in [0.15, 0.2) is 0 Å². The Bertz CT molecular complexity index is 903. The fourth-order valence-electron chi connectivity index (χ4n) is 2.86. The van der Waals surface area contributed by atoms with Crippen LogP contribution >= 0.6 is 15.9 Å². The van der Waals surface area contributed by atoms with E-state index < -0.39 is 17.6 Å². The Labute approximate surface area is 146 Å². The van der Waals surface area contributed by atoms with Gasteiger partial charge in [0.05, 0.1) is 18.6 Å². The van der Waals surface area contributed by atoms with Gasteiger partial charge in [0.25, 0.3) is 0 Å². The highest BCUT2D eigenvalue weighted by molar-refractivity contribution is 9.10. The first-order valence-corrected chi connectivity index (χ1v) is 7.93. The number of aromatic nitrogens is 2. The number of nitrogens with one attached hydrogen (secondary N) is 2. The van der Waals surface area contributed by atoms with Crippen LogP contribution in [0.4, 0.5) is 11.6 Å². The van der Waals surface area contributed by atoms with Crippen LogP contribution in [0.1, 0.15) is 24.0 Å². The molecule has 2 aromatic rings. The molecule has 1 aliphatic rings. The molecule has 7 nitrogen and oxygen atoms in total. The summed E-state index contributed by atoms with van der Waals surface area (Å²) in [5.74, 6) is -0.455. The van der Waals surface area contributed by atoms with Crippen molar-refractivity contribution < 1.29 is 9.53 Å². The molecule has 124 valence electrons. The predicted octanol–water partition coefficient (Wildman–Crippen LogP) is 2.12. The van der Waals surface area contributed by atoms with Crippen LogP contribution in [0, 0.1) is 0 Å². The number of carbonyl (C=O) groups is 1. The maximum Gasteiger partial charge on any atom is 0.348 e. The molecule has 1 aliphatic heterocycles. The van der Waals surface area contributed by atoms with Gasteiger partial charge in [0, 0.05) is 15.7 Å². The highest BCUT2D eigenvalue weighted by Crippen LogP contribution is 2.43. The van der Waals surface area contributed by atoms with Crippen LogP contribution in [-0.4, -0.2) is 23.0 Å². The molecule has 3 rings (SSSR count). The van der Waals surface area contributed by atoms with Crippen LogP contribution in [0.2, 0.25) is 0 Å². The maximum absolute atomic E-state index is 12.4. The largest absolute Gasteiger partial charge is 0.466 e. The summed E-state index contributed by atoms with van der Waals surface area (Å²) in [4.78, 5) is 30.4. The molecule has 4 N–H and O–H groups in total. The normalized spacial score (nSPS) is 16.4. The molecule has 1 aromatic heterocycles. The molecule has 1 aromatic carbocycles. The van der Waals surface area contributed by atoms with Crippen molar-refractivity contribution in [1.82, 2.24) is 9.97 Å². The number of nitrogens with two attached hydrogens (primary N) is 1. The van der Waals surface area contributed by atoms with Gasteiger partial charge in [-0.25, -0.2) is 9.59 Å². The Kier molecular flexibility index (Phi) is 4.15. The van der Waals surface area contributed by atoms with Crippen LogP contribution < -0.4 is 16.7 Å². The van der Waals surface area contributed by atoms with Crippen molar-refractivity contribution in [2.24, 2.45) is 0 Å². The summed E-state index contributed by atoms with van der Waals surface area (Å²) in [5.41, 5.74) is 7.85. The highest BCUT2D eigenvalue weighted by atomic mass is 79.9. The van der Waals surface area contributed by atoms with E-state index in [1.54, 1.807) is 6.92 Å². The van der Waals surface area contributed by atoms with E-state index in [0.29, 0.717) is 22.7 Å². The van der Waals surface area contributed by atoms with Crippen LogP contribution in [0.25, 0.3) is 0 Å². The van der Waals surface area contributed by atoms with Crippen molar-refractivity contribution in [3.63, 3.8) is 0 Å².